The van der Waals surface area contributed by atoms with Crippen molar-refractivity contribution in [3.05, 3.63) is 64.9 Å². The third-order valence-corrected chi connectivity index (χ3v) is 4.40. The van der Waals surface area contributed by atoms with Crippen molar-refractivity contribution < 1.29 is 19.0 Å². The first-order chi connectivity index (χ1) is 13.8. The number of esters is 1. The van der Waals surface area contributed by atoms with E-state index in [1.54, 1.807) is 24.3 Å². The molecule has 2 aromatic carbocycles. The summed E-state index contributed by atoms with van der Waals surface area (Å²) in [6, 6.07) is 14.9. The van der Waals surface area contributed by atoms with Crippen LogP contribution in [0.2, 0.25) is 0 Å². The number of hydrogen-bond acceptors (Lipinski definition) is 6. The molecule has 0 bridgehead atoms. The second-order valence-corrected chi connectivity index (χ2v) is 7.52. The largest absolute Gasteiger partial charge is 0.493 e. The molecule has 1 aliphatic rings. The molecule has 0 spiro atoms. The van der Waals surface area contributed by atoms with E-state index < -0.39 is 5.97 Å². The van der Waals surface area contributed by atoms with Gasteiger partial charge in [-0.2, -0.15) is 5.26 Å². The predicted molar refractivity (Wildman–Crippen MR) is 110 cm³/mol. The number of nitriles is 1. The van der Waals surface area contributed by atoms with Crippen LogP contribution in [0.1, 0.15) is 37.5 Å². The summed E-state index contributed by atoms with van der Waals surface area (Å²) in [5, 5.41) is 8.65. The lowest BCUT2D eigenvalue weighted by atomic mass is 9.87. The fraction of sp³-hybridized carbons (Fsp3) is 0.261. The highest BCUT2D eigenvalue weighted by Gasteiger charge is 2.24. The minimum absolute atomic E-state index is 0.0416. The summed E-state index contributed by atoms with van der Waals surface area (Å²) in [4.78, 5) is 16.6. The van der Waals surface area contributed by atoms with Crippen LogP contribution in [0.25, 0.3) is 6.08 Å². The second-order valence-electron chi connectivity index (χ2n) is 7.52. The Labute approximate surface area is 170 Å². The van der Waals surface area contributed by atoms with E-state index in [2.05, 4.69) is 25.8 Å². The third-order valence-electron chi connectivity index (χ3n) is 4.40. The number of methoxy groups -OCH3 is 1. The molecule has 29 heavy (non-hydrogen) atoms. The maximum absolute atomic E-state index is 12.3. The second kappa shape index (κ2) is 8.19. The molecule has 6 heteroatoms. The van der Waals surface area contributed by atoms with Crippen molar-refractivity contribution >= 4 is 17.9 Å². The molecule has 0 aliphatic carbocycles. The summed E-state index contributed by atoms with van der Waals surface area (Å²) < 4.78 is 15.9. The van der Waals surface area contributed by atoms with Crippen molar-refractivity contribution in [3.63, 3.8) is 0 Å². The van der Waals surface area contributed by atoms with E-state index in [1.165, 1.54) is 12.7 Å². The Bertz CT molecular complexity index is 1020. The molecule has 1 aliphatic heterocycles. The number of aliphatic imine (C=N–C) groups is 1. The van der Waals surface area contributed by atoms with Crippen molar-refractivity contribution in [1.29, 1.82) is 5.26 Å². The van der Waals surface area contributed by atoms with Gasteiger partial charge in [0.15, 0.2) is 23.8 Å². The van der Waals surface area contributed by atoms with Gasteiger partial charge >= 0.3 is 5.97 Å². The first kappa shape index (κ1) is 20.2. The lowest BCUT2D eigenvalue weighted by molar-refractivity contribution is -0.129. The number of benzene rings is 2. The number of nitrogens with zero attached hydrogens (tertiary/aromatic N) is 2. The number of ether oxygens (including phenoxy) is 3. The molecule has 0 fully saturated rings. The minimum Gasteiger partial charge on any atom is -0.493 e. The van der Waals surface area contributed by atoms with Gasteiger partial charge in [-0.3, -0.25) is 0 Å². The van der Waals surface area contributed by atoms with Crippen LogP contribution in [0.15, 0.2) is 53.2 Å². The molecule has 1 heterocycles. The first-order valence-corrected chi connectivity index (χ1v) is 9.13. The topological polar surface area (TPSA) is 80.9 Å². The summed E-state index contributed by atoms with van der Waals surface area (Å²) in [6.07, 6.45) is 1.62. The SMILES string of the molecule is COc1cc(/C=C2/N=C(c3ccc(C(C)(C)C)cc3)OC2=O)ccc1OCC#N. The van der Waals surface area contributed by atoms with Crippen LogP contribution in [0, 0.1) is 11.3 Å². The maximum atomic E-state index is 12.3. The van der Waals surface area contributed by atoms with Crippen LogP contribution in [0.3, 0.4) is 0 Å². The van der Waals surface area contributed by atoms with Gasteiger partial charge in [-0.15, -0.1) is 0 Å². The summed E-state index contributed by atoms with van der Waals surface area (Å²) >= 11 is 0. The van der Waals surface area contributed by atoms with Gasteiger partial charge in [0, 0.05) is 5.56 Å². The minimum atomic E-state index is -0.510. The van der Waals surface area contributed by atoms with Crippen LogP contribution in [-0.4, -0.2) is 25.6 Å². The van der Waals surface area contributed by atoms with Gasteiger partial charge in [0.25, 0.3) is 0 Å². The van der Waals surface area contributed by atoms with Gasteiger partial charge in [-0.05, 0) is 46.9 Å². The molecule has 0 saturated carbocycles. The zero-order chi connectivity index (χ0) is 21.0. The van der Waals surface area contributed by atoms with Gasteiger partial charge in [-0.1, -0.05) is 39.0 Å². The van der Waals surface area contributed by atoms with Gasteiger partial charge < -0.3 is 14.2 Å². The van der Waals surface area contributed by atoms with E-state index in [9.17, 15) is 4.79 Å². The molecule has 0 N–H and O–H groups in total. The third kappa shape index (κ3) is 4.64. The molecular formula is C23H22N2O4. The molecule has 0 aromatic heterocycles. The van der Waals surface area contributed by atoms with Gasteiger partial charge in [0.05, 0.1) is 7.11 Å². The van der Waals surface area contributed by atoms with Crippen LogP contribution < -0.4 is 9.47 Å². The Morgan fingerprint density at radius 1 is 1.14 bits per heavy atom. The Morgan fingerprint density at radius 2 is 1.86 bits per heavy atom. The Kier molecular flexibility index (Phi) is 5.69. The van der Waals surface area contributed by atoms with Crippen molar-refractivity contribution in [2.24, 2.45) is 4.99 Å². The highest BCUT2D eigenvalue weighted by atomic mass is 16.6. The molecule has 0 saturated heterocycles. The molecule has 0 radical (unpaired) electrons. The van der Waals surface area contributed by atoms with Crippen molar-refractivity contribution in [3.8, 4) is 17.6 Å². The van der Waals surface area contributed by atoms with Crippen LogP contribution in [-0.2, 0) is 14.9 Å². The Balaban J connectivity index is 1.86. The normalized spacial score (nSPS) is 14.9. The average Bonchev–Trinajstić information content (AvgIpc) is 3.06. The van der Waals surface area contributed by atoms with Crippen molar-refractivity contribution in [1.82, 2.24) is 0 Å². The number of carbonyl (C=O) groups is 1. The quantitative estimate of drug-likeness (QED) is 0.563. The number of cyclic esters (lactones) is 1. The van der Waals surface area contributed by atoms with E-state index in [1.807, 2.05) is 30.3 Å². The van der Waals surface area contributed by atoms with E-state index >= 15 is 0 Å². The average molecular weight is 390 g/mol. The van der Waals surface area contributed by atoms with E-state index in [0.717, 1.165) is 5.56 Å². The summed E-state index contributed by atoms with van der Waals surface area (Å²) in [7, 11) is 1.51. The van der Waals surface area contributed by atoms with Gasteiger partial charge in [0.2, 0.25) is 5.90 Å². The lowest BCUT2D eigenvalue weighted by Gasteiger charge is -2.18. The fourth-order valence-electron chi connectivity index (χ4n) is 2.81. The molecule has 0 amide bonds. The molecule has 0 unspecified atom stereocenters. The molecule has 2 aromatic rings. The highest BCUT2D eigenvalue weighted by molar-refractivity contribution is 6.12. The fourth-order valence-corrected chi connectivity index (χ4v) is 2.81. The molecular weight excluding hydrogens is 368 g/mol. The van der Waals surface area contributed by atoms with E-state index in [4.69, 9.17) is 19.5 Å². The summed E-state index contributed by atoms with van der Waals surface area (Å²) in [5.74, 6) is 0.683. The summed E-state index contributed by atoms with van der Waals surface area (Å²) in [5.41, 5.74) is 2.87. The van der Waals surface area contributed by atoms with E-state index in [-0.39, 0.29) is 23.6 Å². The van der Waals surface area contributed by atoms with Crippen LogP contribution >= 0.6 is 0 Å². The number of carbonyl (C=O) groups excluding carboxylic acids is 1. The molecule has 0 atom stereocenters. The molecule has 3 rings (SSSR count). The van der Waals surface area contributed by atoms with Crippen molar-refractivity contribution in [2.75, 3.05) is 13.7 Å². The maximum Gasteiger partial charge on any atom is 0.363 e. The number of hydrogen-bond donors (Lipinski definition) is 0. The van der Waals surface area contributed by atoms with E-state index in [0.29, 0.717) is 17.1 Å². The zero-order valence-corrected chi connectivity index (χ0v) is 16.9. The lowest BCUT2D eigenvalue weighted by Crippen LogP contribution is -2.11. The Morgan fingerprint density at radius 3 is 2.48 bits per heavy atom. The standard InChI is InChI=1S/C23H22N2O4/c1-23(2,3)17-8-6-16(7-9-17)21-25-18(22(26)29-21)13-15-5-10-19(28-12-11-24)20(14-15)27-4/h5-10,13-14H,12H2,1-4H3/b18-13+. The summed E-state index contributed by atoms with van der Waals surface area (Å²) in [6.45, 7) is 6.34. The van der Waals surface area contributed by atoms with Crippen LogP contribution in [0.5, 0.6) is 11.5 Å². The smallest absolute Gasteiger partial charge is 0.363 e. The van der Waals surface area contributed by atoms with Crippen molar-refractivity contribution in [2.45, 2.75) is 26.2 Å². The number of rotatable bonds is 5. The van der Waals surface area contributed by atoms with Gasteiger partial charge in [0.1, 0.15) is 6.07 Å². The predicted octanol–water partition coefficient (Wildman–Crippen LogP) is 4.24. The van der Waals surface area contributed by atoms with Gasteiger partial charge in [-0.25, -0.2) is 9.79 Å². The Hall–Kier alpha value is -3.59. The first-order valence-electron chi connectivity index (χ1n) is 9.13. The molecule has 148 valence electrons. The molecule has 6 nitrogen and oxygen atoms in total. The highest BCUT2D eigenvalue weighted by Crippen LogP contribution is 2.30. The van der Waals surface area contributed by atoms with Crippen LogP contribution in [0.4, 0.5) is 0 Å². The zero-order valence-electron chi connectivity index (χ0n) is 16.9. The monoisotopic (exact) mass is 390 g/mol.